The Kier molecular flexibility index (Phi) is 1.73. The van der Waals surface area contributed by atoms with Crippen LogP contribution in [0.3, 0.4) is 0 Å². The fourth-order valence-electron chi connectivity index (χ4n) is 1.40. The average molecular weight is 168 g/mol. The highest BCUT2D eigenvalue weighted by molar-refractivity contribution is 5.38. The van der Waals surface area contributed by atoms with Crippen LogP contribution in [-0.4, -0.2) is 17.8 Å². The lowest BCUT2D eigenvalue weighted by molar-refractivity contribution is 0.131. The molecular weight excluding hydrogens is 159 g/mol. The van der Waals surface area contributed by atoms with Crippen molar-refractivity contribution in [2.24, 2.45) is 0 Å². The summed E-state index contributed by atoms with van der Waals surface area (Å²) < 4.78 is 18.2. The maximum Gasteiger partial charge on any atom is 0.165 e. The van der Waals surface area contributed by atoms with Gasteiger partial charge in [0.25, 0.3) is 0 Å². The standard InChI is InChI=1S/C9H9FO2/c10-8-3-1-2-6-4-7(5-11)12-9(6)8/h1-3,7,11H,4-5H2. The van der Waals surface area contributed by atoms with Gasteiger partial charge in [0.1, 0.15) is 6.10 Å². The average Bonchev–Trinajstić information content (AvgIpc) is 2.49. The monoisotopic (exact) mass is 168 g/mol. The van der Waals surface area contributed by atoms with E-state index in [-0.39, 0.29) is 18.5 Å². The Hall–Kier alpha value is -1.09. The van der Waals surface area contributed by atoms with E-state index in [2.05, 4.69) is 0 Å². The molecule has 1 unspecified atom stereocenters. The lowest BCUT2D eigenvalue weighted by atomic mass is 10.1. The second kappa shape index (κ2) is 2.75. The number of hydrogen-bond acceptors (Lipinski definition) is 2. The van der Waals surface area contributed by atoms with E-state index in [0.29, 0.717) is 12.2 Å². The Labute approximate surface area is 69.6 Å². The number of fused-ring (bicyclic) bond motifs is 1. The number of aliphatic hydroxyl groups excluding tert-OH is 1. The minimum absolute atomic E-state index is 0.0614. The second-order valence-corrected chi connectivity index (χ2v) is 2.85. The Balaban J connectivity index is 2.35. The van der Waals surface area contributed by atoms with Gasteiger partial charge in [0.05, 0.1) is 6.61 Å². The minimum Gasteiger partial charge on any atom is -0.484 e. The third-order valence-electron chi connectivity index (χ3n) is 1.98. The fourth-order valence-corrected chi connectivity index (χ4v) is 1.40. The molecule has 0 bridgehead atoms. The quantitative estimate of drug-likeness (QED) is 0.681. The third kappa shape index (κ3) is 1.06. The van der Waals surface area contributed by atoms with Gasteiger partial charge < -0.3 is 9.84 Å². The molecule has 1 heterocycles. The predicted octanol–water partition coefficient (Wildman–Crippen LogP) is 1.12. The summed E-state index contributed by atoms with van der Waals surface area (Å²) in [5, 5.41) is 8.78. The van der Waals surface area contributed by atoms with E-state index in [4.69, 9.17) is 9.84 Å². The van der Waals surface area contributed by atoms with Crippen molar-refractivity contribution in [3.05, 3.63) is 29.6 Å². The van der Waals surface area contributed by atoms with Gasteiger partial charge in [-0.1, -0.05) is 12.1 Å². The Morgan fingerprint density at radius 2 is 2.42 bits per heavy atom. The van der Waals surface area contributed by atoms with Gasteiger partial charge in [0.15, 0.2) is 11.6 Å². The summed E-state index contributed by atoms with van der Waals surface area (Å²) in [4.78, 5) is 0. The molecule has 0 aliphatic carbocycles. The highest BCUT2D eigenvalue weighted by Gasteiger charge is 2.24. The van der Waals surface area contributed by atoms with E-state index < -0.39 is 0 Å². The van der Waals surface area contributed by atoms with Crippen molar-refractivity contribution in [3.63, 3.8) is 0 Å². The molecule has 1 atom stereocenters. The lowest BCUT2D eigenvalue weighted by Crippen LogP contribution is -2.17. The van der Waals surface area contributed by atoms with Crippen LogP contribution in [0.2, 0.25) is 0 Å². The molecule has 3 heteroatoms. The summed E-state index contributed by atoms with van der Waals surface area (Å²) in [5.74, 6) is -0.0417. The first-order chi connectivity index (χ1) is 5.81. The van der Waals surface area contributed by atoms with E-state index in [9.17, 15) is 4.39 Å². The molecule has 1 aliphatic heterocycles. The summed E-state index contributed by atoms with van der Waals surface area (Å²) in [5.41, 5.74) is 0.842. The zero-order valence-corrected chi connectivity index (χ0v) is 6.46. The highest BCUT2D eigenvalue weighted by Crippen LogP contribution is 2.30. The van der Waals surface area contributed by atoms with Crippen LogP contribution in [0, 0.1) is 5.82 Å². The van der Waals surface area contributed by atoms with Crippen molar-refractivity contribution < 1.29 is 14.2 Å². The molecule has 1 N–H and O–H groups in total. The van der Waals surface area contributed by atoms with Gasteiger partial charge in [-0.15, -0.1) is 0 Å². The van der Waals surface area contributed by atoms with Gasteiger partial charge >= 0.3 is 0 Å². The summed E-state index contributed by atoms with van der Waals surface area (Å²) in [6, 6.07) is 4.82. The molecule has 64 valence electrons. The van der Waals surface area contributed by atoms with Gasteiger partial charge in [-0.05, 0) is 6.07 Å². The third-order valence-corrected chi connectivity index (χ3v) is 1.98. The van der Waals surface area contributed by atoms with E-state index in [1.807, 2.05) is 6.07 Å². The molecule has 0 saturated heterocycles. The predicted molar refractivity (Wildman–Crippen MR) is 41.6 cm³/mol. The normalized spacial score (nSPS) is 20.3. The Morgan fingerprint density at radius 1 is 1.58 bits per heavy atom. The molecule has 2 rings (SSSR count). The van der Waals surface area contributed by atoms with E-state index in [0.717, 1.165) is 5.56 Å². The van der Waals surface area contributed by atoms with Gasteiger partial charge in [0, 0.05) is 12.0 Å². The second-order valence-electron chi connectivity index (χ2n) is 2.85. The summed E-state index contributed by atoms with van der Waals surface area (Å²) in [6.07, 6.45) is 0.334. The van der Waals surface area contributed by atoms with Crippen molar-refractivity contribution in [3.8, 4) is 5.75 Å². The molecule has 0 aromatic heterocycles. The molecule has 0 spiro atoms. The zero-order chi connectivity index (χ0) is 8.55. The van der Waals surface area contributed by atoms with Crippen LogP contribution in [0.4, 0.5) is 4.39 Å². The summed E-state index contributed by atoms with van der Waals surface area (Å²) in [6.45, 7) is -0.0614. The Bertz CT molecular complexity index is 299. The first-order valence-corrected chi connectivity index (χ1v) is 3.86. The van der Waals surface area contributed by atoms with Crippen LogP contribution in [0.5, 0.6) is 5.75 Å². The number of rotatable bonds is 1. The van der Waals surface area contributed by atoms with Gasteiger partial charge in [-0.3, -0.25) is 0 Å². The van der Waals surface area contributed by atoms with Crippen molar-refractivity contribution >= 4 is 0 Å². The lowest BCUT2D eigenvalue weighted by Gasteiger charge is -2.05. The van der Waals surface area contributed by atoms with Crippen LogP contribution in [0.15, 0.2) is 18.2 Å². The molecule has 1 aromatic carbocycles. The molecular formula is C9H9FO2. The van der Waals surface area contributed by atoms with Crippen LogP contribution < -0.4 is 4.74 Å². The number of halogens is 1. The largest absolute Gasteiger partial charge is 0.484 e. The fraction of sp³-hybridized carbons (Fsp3) is 0.333. The maximum atomic E-state index is 13.0. The molecule has 0 fully saturated rings. The molecule has 0 saturated carbocycles. The first kappa shape index (κ1) is 7.55. The number of hydrogen-bond donors (Lipinski definition) is 1. The number of benzene rings is 1. The molecule has 1 aliphatic rings. The van der Waals surface area contributed by atoms with E-state index in [1.165, 1.54) is 6.07 Å². The zero-order valence-electron chi connectivity index (χ0n) is 6.46. The number of aliphatic hydroxyl groups is 1. The summed E-state index contributed by atoms with van der Waals surface area (Å²) >= 11 is 0. The minimum atomic E-state index is -0.344. The number of ether oxygens (including phenoxy) is 1. The van der Waals surface area contributed by atoms with Crippen molar-refractivity contribution in [1.29, 1.82) is 0 Å². The molecule has 12 heavy (non-hydrogen) atoms. The molecule has 0 amide bonds. The van der Waals surface area contributed by atoms with Crippen LogP contribution in [0.25, 0.3) is 0 Å². The molecule has 0 radical (unpaired) electrons. The van der Waals surface area contributed by atoms with E-state index >= 15 is 0 Å². The Morgan fingerprint density at radius 3 is 3.08 bits per heavy atom. The van der Waals surface area contributed by atoms with E-state index in [1.54, 1.807) is 6.07 Å². The van der Waals surface area contributed by atoms with Crippen LogP contribution in [-0.2, 0) is 6.42 Å². The van der Waals surface area contributed by atoms with Crippen LogP contribution >= 0.6 is 0 Å². The van der Waals surface area contributed by atoms with Gasteiger partial charge in [-0.25, -0.2) is 4.39 Å². The van der Waals surface area contributed by atoms with Crippen molar-refractivity contribution in [2.45, 2.75) is 12.5 Å². The van der Waals surface area contributed by atoms with Crippen LogP contribution in [0.1, 0.15) is 5.56 Å². The number of para-hydroxylation sites is 1. The SMILES string of the molecule is OCC1Cc2cccc(F)c2O1. The van der Waals surface area contributed by atoms with Crippen molar-refractivity contribution in [2.75, 3.05) is 6.61 Å². The molecule has 2 nitrogen and oxygen atoms in total. The smallest absolute Gasteiger partial charge is 0.165 e. The molecule has 1 aromatic rings. The first-order valence-electron chi connectivity index (χ1n) is 3.86. The highest BCUT2D eigenvalue weighted by atomic mass is 19.1. The topological polar surface area (TPSA) is 29.5 Å². The maximum absolute atomic E-state index is 13.0. The summed E-state index contributed by atoms with van der Waals surface area (Å²) in [7, 11) is 0. The van der Waals surface area contributed by atoms with Gasteiger partial charge in [0.2, 0.25) is 0 Å². The van der Waals surface area contributed by atoms with Gasteiger partial charge in [-0.2, -0.15) is 0 Å². The van der Waals surface area contributed by atoms with Crippen molar-refractivity contribution in [1.82, 2.24) is 0 Å².